The molecule has 120 valence electrons. The van der Waals surface area contributed by atoms with Gasteiger partial charge >= 0.3 is 0 Å². The van der Waals surface area contributed by atoms with Gasteiger partial charge < -0.3 is 0 Å². The van der Waals surface area contributed by atoms with E-state index in [-0.39, 0.29) is 0 Å². The number of nitrogens with one attached hydrogen (secondary N) is 1. The van der Waals surface area contributed by atoms with Crippen LogP contribution in [0.25, 0.3) is 0 Å². The molecule has 0 atom stereocenters. The largest absolute Gasteiger partial charge is 0.197 e. The zero-order valence-electron chi connectivity index (χ0n) is 15.8. The fourth-order valence-corrected chi connectivity index (χ4v) is 0.641. The van der Waals surface area contributed by atoms with Crippen LogP contribution in [0.2, 0.25) is 0 Å². The van der Waals surface area contributed by atoms with E-state index in [1.54, 1.807) is 0 Å². The zero-order valence-corrected chi connectivity index (χ0v) is 15.8. The number of hydrogen-bond acceptors (Lipinski definition) is 2. The summed E-state index contributed by atoms with van der Waals surface area (Å²) in [5, 5.41) is 10.3. The third kappa shape index (κ3) is 31.7. The van der Waals surface area contributed by atoms with E-state index in [2.05, 4.69) is 36.2 Å². The van der Waals surface area contributed by atoms with Gasteiger partial charge in [-0.2, -0.15) is 15.4 Å². The zero-order chi connectivity index (χ0) is 16.7. The van der Waals surface area contributed by atoms with Gasteiger partial charge in [-0.25, -0.2) is 0 Å². The van der Waals surface area contributed by atoms with E-state index in [1.807, 2.05) is 62.3 Å². The summed E-state index contributed by atoms with van der Waals surface area (Å²) in [6.07, 6.45) is 2.21. The third-order valence-corrected chi connectivity index (χ3v) is 1.16. The van der Waals surface area contributed by atoms with Gasteiger partial charge in [-0.05, 0) is 13.3 Å². The van der Waals surface area contributed by atoms with Crippen molar-refractivity contribution in [1.82, 2.24) is 15.4 Å². The fraction of sp³-hybridized carbons (Fsp3) is 0.875. The lowest BCUT2D eigenvalue weighted by atomic mass is 10.3. The first kappa shape index (κ1) is 30.9. The molecule has 0 aromatic carbocycles. The van der Waals surface area contributed by atoms with Crippen molar-refractivity contribution in [1.29, 1.82) is 0 Å². The van der Waals surface area contributed by atoms with Gasteiger partial charge in [0, 0.05) is 0 Å². The molecular formula is C16H41N3. The van der Waals surface area contributed by atoms with Gasteiger partial charge in [0.25, 0.3) is 0 Å². The minimum atomic E-state index is 0.961. The van der Waals surface area contributed by atoms with Gasteiger partial charge in [-0.3, -0.25) is 0 Å². The Bertz CT molecular complexity index is 184. The lowest BCUT2D eigenvalue weighted by molar-refractivity contribution is 0.906. The maximum absolute atomic E-state index is 3.90. The van der Waals surface area contributed by atoms with E-state index in [9.17, 15) is 0 Å². The third-order valence-electron chi connectivity index (χ3n) is 1.16. The molecule has 0 aliphatic heterocycles. The molecule has 19 heavy (non-hydrogen) atoms. The Morgan fingerprint density at radius 3 is 1.16 bits per heavy atom. The summed E-state index contributed by atoms with van der Waals surface area (Å²) in [6, 6.07) is 0. The van der Waals surface area contributed by atoms with Gasteiger partial charge in [0.05, 0.1) is 11.4 Å². The van der Waals surface area contributed by atoms with Crippen molar-refractivity contribution in [2.75, 3.05) is 0 Å². The van der Waals surface area contributed by atoms with Crippen LogP contribution in [-0.4, -0.2) is 15.4 Å². The Morgan fingerprint density at radius 2 is 1.05 bits per heavy atom. The van der Waals surface area contributed by atoms with E-state index in [4.69, 9.17) is 0 Å². The monoisotopic (exact) mass is 275 g/mol. The van der Waals surface area contributed by atoms with Crippen LogP contribution in [0.1, 0.15) is 94.0 Å². The number of aromatic amines is 1. The normalized spacial score (nSPS) is 6.32. The molecule has 1 aromatic rings. The summed E-state index contributed by atoms with van der Waals surface area (Å²) in [6.45, 7) is 24.3. The fourth-order valence-electron chi connectivity index (χ4n) is 0.641. The quantitative estimate of drug-likeness (QED) is 0.663. The van der Waals surface area contributed by atoms with Crippen LogP contribution < -0.4 is 0 Å². The minimum Gasteiger partial charge on any atom is -0.197 e. The molecule has 0 amide bonds. The van der Waals surface area contributed by atoms with Crippen molar-refractivity contribution in [3.05, 3.63) is 11.4 Å². The molecular weight excluding hydrogens is 234 g/mol. The van der Waals surface area contributed by atoms with Crippen LogP contribution in [-0.2, 0) is 6.42 Å². The topological polar surface area (TPSA) is 41.6 Å². The first-order valence-electron chi connectivity index (χ1n) is 8.12. The molecule has 1 heterocycles. The first-order chi connectivity index (χ1) is 9.26. The molecule has 0 fully saturated rings. The van der Waals surface area contributed by atoms with Crippen molar-refractivity contribution in [3.63, 3.8) is 0 Å². The van der Waals surface area contributed by atoms with Crippen molar-refractivity contribution < 1.29 is 0 Å². The predicted molar refractivity (Wildman–Crippen MR) is 91.9 cm³/mol. The summed E-state index contributed by atoms with van der Waals surface area (Å²) >= 11 is 0. The number of hydrogen-bond donors (Lipinski definition) is 1. The maximum Gasteiger partial charge on any atom is 0.0851 e. The number of rotatable bonds is 1. The van der Waals surface area contributed by atoms with Crippen molar-refractivity contribution in [2.45, 2.75) is 95.9 Å². The van der Waals surface area contributed by atoms with Crippen molar-refractivity contribution in [2.24, 2.45) is 0 Å². The number of H-pyrrole nitrogens is 1. The van der Waals surface area contributed by atoms with Crippen LogP contribution in [0.4, 0.5) is 0 Å². The molecule has 3 nitrogen and oxygen atoms in total. The highest BCUT2D eigenvalue weighted by molar-refractivity contribution is 5.04. The molecule has 1 N–H and O–H groups in total. The van der Waals surface area contributed by atoms with Crippen LogP contribution >= 0.6 is 0 Å². The highest BCUT2D eigenvalue weighted by Crippen LogP contribution is 1.96. The molecule has 3 heteroatoms. The summed E-state index contributed by atoms with van der Waals surface area (Å²) in [4.78, 5) is 0. The summed E-state index contributed by atoms with van der Waals surface area (Å²) in [5.41, 5.74) is 2.07. The van der Waals surface area contributed by atoms with Crippen LogP contribution in [0.3, 0.4) is 0 Å². The van der Waals surface area contributed by atoms with Crippen LogP contribution in [0.5, 0.6) is 0 Å². The van der Waals surface area contributed by atoms with E-state index < -0.39 is 0 Å². The molecule has 1 aromatic heterocycles. The molecule has 1 rings (SSSR count). The molecule has 0 saturated heterocycles. The number of nitrogens with zero attached hydrogens (tertiary/aromatic N) is 2. The van der Waals surface area contributed by atoms with E-state index in [0.29, 0.717) is 0 Å². The van der Waals surface area contributed by atoms with Crippen molar-refractivity contribution in [3.8, 4) is 0 Å². The van der Waals surface area contributed by atoms with Gasteiger partial charge in [-0.15, -0.1) is 0 Å². The number of aryl methyl sites for hydroxylation is 2. The molecule has 0 radical (unpaired) electrons. The Hall–Kier alpha value is -0.860. The lowest BCUT2D eigenvalue weighted by Crippen LogP contribution is -1.81. The second-order valence-electron chi connectivity index (χ2n) is 2.42. The first-order valence-corrected chi connectivity index (χ1v) is 8.12. The summed E-state index contributed by atoms with van der Waals surface area (Å²) < 4.78 is 0. The molecule has 0 spiro atoms. The minimum absolute atomic E-state index is 0.961. The van der Waals surface area contributed by atoms with E-state index in [1.165, 1.54) is 6.42 Å². The standard InChI is InChI=1S/C5H9N3.C3H8.4C2H6/c1-3-5-4(2)6-8-7-5;1-3-2;4*1-2/h3H2,1-2H3,(H,6,7,8);3H2,1-2H3;4*1-2H3. The van der Waals surface area contributed by atoms with Gasteiger partial charge in [0.15, 0.2) is 0 Å². The molecule has 0 aliphatic rings. The maximum atomic E-state index is 3.90. The molecule has 0 saturated carbocycles. The Kier molecular flexibility index (Phi) is 70.5. The van der Waals surface area contributed by atoms with E-state index >= 15 is 0 Å². The molecule has 0 bridgehead atoms. The summed E-state index contributed by atoms with van der Waals surface area (Å²) in [7, 11) is 0. The van der Waals surface area contributed by atoms with Crippen molar-refractivity contribution >= 4 is 0 Å². The second-order valence-corrected chi connectivity index (χ2v) is 2.42. The molecule has 0 unspecified atom stereocenters. The Morgan fingerprint density at radius 1 is 0.737 bits per heavy atom. The van der Waals surface area contributed by atoms with Crippen LogP contribution in [0, 0.1) is 6.92 Å². The Balaban J connectivity index is -0.0000000508. The smallest absolute Gasteiger partial charge is 0.0851 e. The average Bonchev–Trinajstić information content (AvgIpc) is 2.93. The summed E-state index contributed by atoms with van der Waals surface area (Å²) in [5.74, 6) is 0. The highest BCUT2D eigenvalue weighted by atomic mass is 15.3. The predicted octanol–water partition coefficient (Wildman–Crippen LogP) is 6.20. The lowest BCUT2D eigenvalue weighted by Gasteiger charge is -1.82. The number of aromatic nitrogens is 3. The average molecular weight is 276 g/mol. The Labute approximate surface area is 123 Å². The van der Waals surface area contributed by atoms with Gasteiger partial charge in [0.1, 0.15) is 0 Å². The van der Waals surface area contributed by atoms with Crippen LogP contribution in [0.15, 0.2) is 0 Å². The van der Waals surface area contributed by atoms with Gasteiger partial charge in [-0.1, -0.05) is 82.6 Å². The van der Waals surface area contributed by atoms with E-state index in [0.717, 1.165) is 17.8 Å². The second kappa shape index (κ2) is 43.4. The SMILES string of the molecule is CC.CC.CC.CC.CCC.CCc1n[nH]nc1C. The molecule has 0 aliphatic carbocycles. The highest BCUT2D eigenvalue weighted by Gasteiger charge is 1.95. The van der Waals surface area contributed by atoms with Gasteiger partial charge in [0.2, 0.25) is 0 Å².